The second kappa shape index (κ2) is 8.44. The van der Waals surface area contributed by atoms with Gasteiger partial charge in [0, 0.05) is 11.9 Å². The van der Waals surface area contributed by atoms with E-state index in [0.717, 1.165) is 22.9 Å². The zero-order chi connectivity index (χ0) is 15.8. The number of carbonyl (C=O) groups excluding carboxylic acids is 1. The SMILES string of the molecule is CCOc1ccc(NC(=O)C(CC)Sc2ccccn2)cc1. The van der Waals surface area contributed by atoms with Crippen LogP contribution in [0.1, 0.15) is 20.3 Å². The van der Waals surface area contributed by atoms with Crippen molar-refractivity contribution in [2.75, 3.05) is 11.9 Å². The molecule has 5 heteroatoms. The van der Waals surface area contributed by atoms with Crippen LogP contribution in [0.4, 0.5) is 5.69 Å². The van der Waals surface area contributed by atoms with E-state index in [1.54, 1.807) is 6.20 Å². The predicted octanol–water partition coefficient (Wildman–Crippen LogP) is 3.99. The molecule has 0 aliphatic rings. The first-order chi connectivity index (χ1) is 10.7. The number of nitrogens with one attached hydrogen (secondary N) is 1. The first-order valence-electron chi connectivity index (χ1n) is 7.34. The molecule has 1 heterocycles. The molecule has 1 amide bonds. The maximum Gasteiger partial charge on any atom is 0.237 e. The van der Waals surface area contributed by atoms with Crippen molar-refractivity contribution in [3.05, 3.63) is 48.7 Å². The van der Waals surface area contributed by atoms with E-state index in [4.69, 9.17) is 4.74 Å². The quantitative estimate of drug-likeness (QED) is 0.785. The molecule has 0 aliphatic heterocycles. The predicted molar refractivity (Wildman–Crippen MR) is 90.4 cm³/mol. The Kier molecular flexibility index (Phi) is 6.27. The van der Waals surface area contributed by atoms with Gasteiger partial charge in [0.25, 0.3) is 0 Å². The number of aromatic nitrogens is 1. The summed E-state index contributed by atoms with van der Waals surface area (Å²) in [5, 5.41) is 3.63. The molecule has 0 saturated carbocycles. The molecule has 0 bridgehead atoms. The van der Waals surface area contributed by atoms with E-state index in [-0.39, 0.29) is 11.2 Å². The number of hydrogen-bond donors (Lipinski definition) is 1. The highest BCUT2D eigenvalue weighted by Gasteiger charge is 2.18. The number of ether oxygens (including phenoxy) is 1. The van der Waals surface area contributed by atoms with Gasteiger partial charge in [-0.3, -0.25) is 4.79 Å². The lowest BCUT2D eigenvalue weighted by Crippen LogP contribution is -2.24. The Morgan fingerprint density at radius 2 is 2.00 bits per heavy atom. The molecule has 0 radical (unpaired) electrons. The molecule has 4 nitrogen and oxygen atoms in total. The van der Waals surface area contributed by atoms with E-state index in [1.807, 2.05) is 56.3 Å². The molecule has 0 saturated heterocycles. The van der Waals surface area contributed by atoms with Crippen LogP contribution in [0.3, 0.4) is 0 Å². The standard InChI is InChI=1S/C17H20N2O2S/c1-3-15(22-16-7-5-6-12-18-16)17(20)19-13-8-10-14(11-9-13)21-4-2/h5-12,15H,3-4H2,1-2H3,(H,19,20). The molecular formula is C17H20N2O2S. The number of hydrogen-bond acceptors (Lipinski definition) is 4. The lowest BCUT2D eigenvalue weighted by molar-refractivity contribution is -0.115. The molecule has 1 aromatic carbocycles. The largest absolute Gasteiger partial charge is 0.494 e. The number of carbonyl (C=O) groups is 1. The second-order valence-corrected chi connectivity index (χ2v) is 5.85. The Labute approximate surface area is 135 Å². The fourth-order valence-electron chi connectivity index (χ4n) is 1.91. The highest BCUT2D eigenvalue weighted by atomic mass is 32.2. The van der Waals surface area contributed by atoms with Gasteiger partial charge in [-0.25, -0.2) is 4.98 Å². The normalized spacial score (nSPS) is 11.7. The molecule has 0 fully saturated rings. The Hall–Kier alpha value is -2.01. The number of pyridine rings is 1. The third kappa shape index (κ3) is 4.77. The molecule has 0 spiro atoms. The van der Waals surface area contributed by atoms with E-state index in [1.165, 1.54) is 11.8 Å². The number of nitrogens with zero attached hydrogens (tertiary/aromatic N) is 1. The molecule has 0 aliphatic carbocycles. The van der Waals surface area contributed by atoms with E-state index in [2.05, 4.69) is 10.3 Å². The van der Waals surface area contributed by atoms with Gasteiger partial charge >= 0.3 is 0 Å². The summed E-state index contributed by atoms with van der Waals surface area (Å²) in [6.07, 6.45) is 2.48. The third-order valence-corrected chi connectivity index (χ3v) is 4.31. The fraction of sp³-hybridized carbons (Fsp3) is 0.294. The van der Waals surface area contributed by atoms with Gasteiger partial charge in [-0.2, -0.15) is 0 Å². The van der Waals surface area contributed by atoms with Gasteiger partial charge in [-0.1, -0.05) is 24.8 Å². The van der Waals surface area contributed by atoms with Crippen LogP contribution in [0.2, 0.25) is 0 Å². The molecular weight excluding hydrogens is 296 g/mol. The van der Waals surface area contributed by atoms with Crippen LogP contribution in [-0.4, -0.2) is 22.7 Å². The summed E-state index contributed by atoms with van der Waals surface area (Å²) in [5.41, 5.74) is 0.772. The van der Waals surface area contributed by atoms with Gasteiger partial charge in [-0.15, -0.1) is 0 Å². The van der Waals surface area contributed by atoms with Crippen LogP contribution in [0.15, 0.2) is 53.7 Å². The molecule has 116 valence electrons. The topological polar surface area (TPSA) is 51.2 Å². The number of benzene rings is 1. The van der Waals surface area contributed by atoms with Gasteiger partial charge in [0.05, 0.1) is 16.9 Å². The van der Waals surface area contributed by atoms with E-state index in [9.17, 15) is 4.79 Å². The Morgan fingerprint density at radius 1 is 1.23 bits per heavy atom. The summed E-state index contributed by atoms with van der Waals surface area (Å²) in [5.74, 6) is 0.790. The van der Waals surface area contributed by atoms with Gasteiger partial charge in [0.1, 0.15) is 5.75 Å². The average Bonchev–Trinajstić information content (AvgIpc) is 2.55. The van der Waals surface area contributed by atoms with Crippen LogP contribution in [0.25, 0.3) is 0 Å². The number of rotatable bonds is 7. The summed E-state index contributed by atoms with van der Waals surface area (Å²) in [6.45, 7) is 4.57. The summed E-state index contributed by atoms with van der Waals surface area (Å²) < 4.78 is 5.39. The van der Waals surface area contributed by atoms with Crippen molar-refractivity contribution < 1.29 is 9.53 Å². The van der Waals surface area contributed by atoms with E-state index in [0.29, 0.717) is 6.61 Å². The van der Waals surface area contributed by atoms with Crippen molar-refractivity contribution in [1.82, 2.24) is 4.98 Å². The van der Waals surface area contributed by atoms with Crippen molar-refractivity contribution in [2.24, 2.45) is 0 Å². The van der Waals surface area contributed by atoms with Gasteiger partial charge < -0.3 is 10.1 Å². The lowest BCUT2D eigenvalue weighted by atomic mass is 10.2. The number of amides is 1. The fourth-order valence-corrected chi connectivity index (χ4v) is 2.81. The molecule has 2 rings (SSSR count). The minimum atomic E-state index is -0.165. The Bertz CT molecular complexity index is 587. The average molecular weight is 316 g/mol. The van der Waals surface area contributed by atoms with Crippen LogP contribution < -0.4 is 10.1 Å². The minimum absolute atomic E-state index is 0.0117. The number of anilines is 1. The molecule has 2 aromatic rings. The molecule has 22 heavy (non-hydrogen) atoms. The van der Waals surface area contributed by atoms with Crippen molar-refractivity contribution in [3.63, 3.8) is 0 Å². The van der Waals surface area contributed by atoms with E-state index >= 15 is 0 Å². The van der Waals surface area contributed by atoms with Gasteiger partial charge in [0.2, 0.25) is 5.91 Å². The van der Waals surface area contributed by atoms with E-state index < -0.39 is 0 Å². The van der Waals surface area contributed by atoms with Gasteiger partial charge in [0.15, 0.2) is 0 Å². The molecule has 1 unspecified atom stereocenters. The highest BCUT2D eigenvalue weighted by Crippen LogP contribution is 2.25. The first kappa shape index (κ1) is 16.4. The lowest BCUT2D eigenvalue weighted by Gasteiger charge is -2.14. The van der Waals surface area contributed by atoms with Gasteiger partial charge in [-0.05, 0) is 49.7 Å². The first-order valence-corrected chi connectivity index (χ1v) is 8.22. The van der Waals surface area contributed by atoms with Crippen LogP contribution in [-0.2, 0) is 4.79 Å². The Balaban J connectivity index is 1.96. The highest BCUT2D eigenvalue weighted by molar-refractivity contribution is 8.00. The molecule has 1 atom stereocenters. The second-order valence-electron chi connectivity index (χ2n) is 4.63. The summed E-state index contributed by atoms with van der Waals surface area (Å²) in [4.78, 5) is 16.6. The summed E-state index contributed by atoms with van der Waals surface area (Å²) in [6, 6.07) is 13.1. The van der Waals surface area contributed by atoms with Crippen molar-refractivity contribution in [1.29, 1.82) is 0 Å². The summed E-state index contributed by atoms with van der Waals surface area (Å²) >= 11 is 1.48. The van der Waals surface area contributed by atoms with Crippen molar-refractivity contribution in [2.45, 2.75) is 30.5 Å². The zero-order valence-corrected chi connectivity index (χ0v) is 13.6. The van der Waals surface area contributed by atoms with Crippen molar-refractivity contribution in [3.8, 4) is 5.75 Å². The molecule has 1 N–H and O–H groups in total. The van der Waals surface area contributed by atoms with Crippen molar-refractivity contribution >= 4 is 23.4 Å². The maximum atomic E-state index is 12.4. The third-order valence-electron chi connectivity index (χ3n) is 3.00. The van der Waals surface area contributed by atoms with Crippen LogP contribution >= 0.6 is 11.8 Å². The van der Waals surface area contributed by atoms with Crippen LogP contribution in [0, 0.1) is 0 Å². The summed E-state index contributed by atoms with van der Waals surface area (Å²) in [7, 11) is 0. The smallest absolute Gasteiger partial charge is 0.237 e. The minimum Gasteiger partial charge on any atom is -0.494 e. The number of thioether (sulfide) groups is 1. The molecule has 1 aromatic heterocycles. The van der Waals surface area contributed by atoms with Crippen LogP contribution in [0.5, 0.6) is 5.75 Å². The zero-order valence-electron chi connectivity index (χ0n) is 12.8. The maximum absolute atomic E-state index is 12.4. The Morgan fingerprint density at radius 3 is 2.59 bits per heavy atom. The monoisotopic (exact) mass is 316 g/mol.